The van der Waals surface area contributed by atoms with Crippen molar-refractivity contribution in [3.8, 4) is 0 Å². The highest BCUT2D eigenvalue weighted by molar-refractivity contribution is 5.49. The smallest absolute Gasteiger partial charge is 0.224 e. The lowest BCUT2D eigenvalue weighted by molar-refractivity contribution is 0.154. The number of aryl methyl sites for hydroxylation is 1. The Labute approximate surface area is 108 Å². The molecule has 1 aliphatic rings. The number of β-amino-alcohol motifs (C(OH)–C–C–N with tert-alkyl or cyclic N) is 1. The van der Waals surface area contributed by atoms with Crippen molar-refractivity contribution in [1.82, 2.24) is 9.97 Å². The lowest BCUT2D eigenvalue weighted by Gasteiger charge is -2.32. The summed E-state index contributed by atoms with van der Waals surface area (Å²) in [5.74, 6) is 1.62. The van der Waals surface area contributed by atoms with Crippen molar-refractivity contribution >= 4 is 11.8 Å². The summed E-state index contributed by atoms with van der Waals surface area (Å²) in [4.78, 5) is 11.0. The van der Waals surface area contributed by atoms with Crippen LogP contribution in [0.1, 0.15) is 31.7 Å². The molecule has 0 aliphatic carbocycles. The van der Waals surface area contributed by atoms with Crippen LogP contribution in [-0.2, 0) is 0 Å². The molecule has 0 amide bonds. The van der Waals surface area contributed by atoms with E-state index in [2.05, 4.69) is 27.1 Å². The number of hydrogen-bond donors (Lipinski definition) is 2. The average molecular weight is 250 g/mol. The van der Waals surface area contributed by atoms with Gasteiger partial charge in [0.1, 0.15) is 5.82 Å². The van der Waals surface area contributed by atoms with Crippen molar-refractivity contribution in [3.63, 3.8) is 0 Å². The largest absolute Gasteiger partial charge is 0.391 e. The number of rotatable bonds is 4. The van der Waals surface area contributed by atoms with Gasteiger partial charge in [0.25, 0.3) is 0 Å². The van der Waals surface area contributed by atoms with Crippen LogP contribution in [0, 0.1) is 6.92 Å². The summed E-state index contributed by atoms with van der Waals surface area (Å²) in [5, 5.41) is 12.9. The van der Waals surface area contributed by atoms with Crippen molar-refractivity contribution in [2.75, 3.05) is 29.9 Å². The molecule has 1 aliphatic heterocycles. The molecule has 0 spiro atoms. The van der Waals surface area contributed by atoms with Crippen LogP contribution >= 0.6 is 0 Å². The van der Waals surface area contributed by atoms with Gasteiger partial charge >= 0.3 is 0 Å². The maximum Gasteiger partial charge on any atom is 0.224 e. The molecule has 1 aromatic rings. The van der Waals surface area contributed by atoms with Crippen LogP contribution in [0.25, 0.3) is 0 Å². The lowest BCUT2D eigenvalue weighted by Crippen LogP contribution is -2.39. The van der Waals surface area contributed by atoms with Crippen molar-refractivity contribution in [2.24, 2.45) is 0 Å². The topological polar surface area (TPSA) is 61.3 Å². The fourth-order valence-corrected chi connectivity index (χ4v) is 2.22. The van der Waals surface area contributed by atoms with E-state index in [1.54, 1.807) is 0 Å². The minimum atomic E-state index is -0.236. The number of anilines is 2. The van der Waals surface area contributed by atoms with Crippen molar-refractivity contribution in [1.29, 1.82) is 0 Å². The first-order valence-corrected chi connectivity index (χ1v) is 6.71. The summed E-state index contributed by atoms with van der Waals surface area (Å²) in [6.07, 6.45) is 4.57. The molecule has 2 heterocycles. The Kier molecular flexibility index (Phi) is 4.36. The Morgan fingerprint density at radius 2 is 2.39 bits per heavy atom. The second-order valence-electron chi connectivity index (χ2n) is 4.87. The maximum atomic E-state index is 9.74. The zero-order chi connectivity index (χ0) is 13.0. The van der Waals surface area contributed by atoms with E-state index >= 15 is 0 Å². The molecule has 2 N–H and O–H groups in total. The second kappa shape index (κ2) is 6.00. The van der Waals surface area contributed by atoms with Gasteiger partial charge in [-0.1, -0.05) is 6.92 Å². The van der Waals surface area contributed by atoms with Gasteiger partial charge in [0.05, 0.1) is 6.10 Å². The van der Waals surface area contributed by atoms with Gasteiger partial charge in [0.15, 0.2) is 0 Å². The molecule has 0 radical (unpaired) electrons. The summed E-state index contributed by atoms with van der Waals surface area (Å²) in [5.41, 5.74) is 1.06. The van der Waals surface area contributed by atoms with Crippen LogP contribution < -0.4 is 10.2 Å². The lowest BCUT2D eigenvalue weighted by atomic mass is 10.1. The molecular formula is C13H22N4O. The quantitative estimate of drug-likeness (QED) is 0.849. The molecular weight excluding hydrogens is 228 g/mol. The molecule has 18 heavy (non-hydrogen) atoms. The number of hydrogen-bond acceptors (Lipinski definition) is 5. The molecule has 100 valence electrons. The van der Waals surface area contributed by atoms with E-state index in [1.165, 1.54) is 0 Å². The van der Waals surface area contributed by atoms with Gasteiger partial charge in [0.2, 0.25) is 5.95 Å². The first-order chi connectivity index (χ1) is 8.70. The summed E-state index contributed by atoms with van der Waals surface area (Å²) >= 11 is 0. The standard InChI is InChI=1S/C13H22N4O/c1-3-6-14-13-15-8-10(2)12(16-13)17-7-4-5-11(18)9-17/h8,11,18H,3-7,9H2,1-2H3,(H,14,15,16). The van der Waals surface area contributed by atoms with E-state index in [-0.39, 0.29) is 6.10 Å². The second-order valence-corrected chi connectivity index (χ2v) is 4.87. The Morgan fingerprint density at radius 1 is 1.56 bits per heavy atom. The molecule has 0 aromatic carbocycles. The average Bonchev–Trinajstić information content (AvgIpc) is 2.38. The minimum Gasteiger partial charge on any atom is -0.391 e. The van der Waals surface area contributed by atoms with Gasteiger partial charge in [0, 0.05) is 31.4 Å². The number of aromatic nitrogens is 2. The number of piperidine rings is 1. The maximum absolute atomic E-state index is 9.74. The van der Waals surface area contributed by atoms with Crippen LogP contribution in [0.3, 0.4) is 0 Å². The normalized spacial score (nSPS) is 19.9. The zero-order valence-corrected chi connectivity index (χ0v) is 11.2. The summed E-state index contributed by atoms with van der Waals surface area (Å²) in [6, 6.07) is 0. The van der Waals surface area contributed by atoms with Crippen molar-refractivity contribution < 1.29 is 5.11 Å². The summed E-state index contributed by atoms with van der Waals surface area (Å²) < 4.78 is 0. The third-order valence-electron chi connectivity index (χ3n) is 3.17. The van der Waals surface area contributed by atoms with Gasteiger partial charge in [-0.15, -0.1) is 0 Å². The Balaban J connectivity index is 2.14. The van der Waals surface area contributed by atoms with Crippen LogP contribution in [0.5, 0.6) is 0 Å². The highest BCUT2D eigenvalue weighted by Crippen LogP contribution is 2.22. The molecule has 2 rings (SSSR count). The first-order valence-electron chi connectivity index (χ1n) is 6.71. The molecule has 1 saturated heterocycles. The highest BCUT2D eigenvalue weighted by atomic mass is 16.3. The first kappa shape index (κ1) is 13.1. The minimum absolute atomic E-state index is 0.236. The van der Waals surface area contributed by atoms with Crippen LogP contribution in [0.2, 0.25) is 0 Å². The summed E-state index contributed by atoms with van der Waals surface area (Å²) in [6.45, 7) is 6.64. The zero-order valence-electron chi connectivity index (χ0n) is 11.2. The number of aliphatic hydroxyl groups excluding tert-OH is 1. The molecule has 1 atom stereocenters. The molecule has 1 aromatic heterocycles. The van der Waals surface area contributed by atoms with Gasteiger partial charge in [-0.25, -0.2) is 4.98 Å². The summed E-state index contributed by atoms with van der Waals surface area (Å²) in [7, 11) is 0. The van der Waals surface area contributed by atoms with E-state index in [0.717, 1.165) is 43.7 Å². The Morgan fingerprint density at radius 3 is 3.11 bits per heavy atom. The van der Waals surface area contributed by atoms with E-state index in [9.17, 15) is 5.11 Å². The van der Waals surface area contributed by atoms with Crippen LogP contribution in [-0.4, -0.2) is 40.8 Å². The van der Waals surface area contributed by atoms with E-state index in [0.29, 0.717) is 12.5 Å². The number of aliphatic hydroxyl groups is 1. The predicted octanol–water partition coefficient (Wildman–Crippen LogP) is 1.57. The third-order valence-corrected chi connectivity index (χ3v) is 3.17. The molecule has 0 saturated carbocycles. The van der Waals surface area contributed by atoms with Crippen LogP contribution in [0.15, 0.2) is 6.20 Å². The van der Waals surface area contributed by atoms with Crippen molar-refractivity contribution in [2.45, 2.75) is 39.2 Å². The Bertz CT molecular complexity index is 397. The third kappa shape index (κ3) is 3.10. The monoisotopic (exact) mass is 250 g/mol. The van der Waals surface area contributed by atoms with Crippen molar-refractivity contribution in [3.05, 3.63) is 11.8 Å². The van der Waals surface area contributed by atoms with Gasteiger partial charge in [-0.2, -0.15) is 4.98 Å². The SMILES string of the molecule is CCCNc1ncc(C)c(N2CCCC(O)C2)n1. The predicted molar refractivity (Wildman–Crippen MR) is 73.0 cm³/mol. The van der Waals surface area contributed by atoms with E-state index in [1.807, 2.05) is 13.1 Å². The molecule has 0 bridgehead atoms. The fraction of sp³-hybridized carbons (Fsp3) is 0.692. The van der Waals surface area contributed by atoms with Gasteiger partial charge in [-0.3, -0.25) is 0 Å². The van der Waals surface area contributed by atoms with Gasteiger partial charge < -0.3 is 15.3 Å². The number of nitrogens with one attached hydrogen (secondary N) is 1. The molecule has 5 nitrogen and oxygen atoms in total. The van der Waals surface area contributed by atoms with E-state index < -0.39 is 0 Å². The highest BCUT2D eigenvalue weighted by Gasteiger charge is 2.20. The number of nitrogens with zero attached hydrogens (tertiary/aromatic N) is 3. The molecule has 5 heteroatoms. The van der Waals surface area contributed by atoms with E-state index in [4.69, 9.17) is 0 Å². The van der Waals surface area contributed by atoms with Crippen LogP contribution in [0.4, 0.5) is 11.8 Å². The van der Waals surface area contributed by atoms with Gasteiger partial charge in [-0.05, 0) is 26.2 Å². The molecule has 1 unspecified atom stereocenters. The Hall–Kier alpha value is -1.36. The molecule has 1 fully saturated rings. The fourth-order valence-electron chi connectivity index (χ4n) is 2.22.